The van der Waals surface area contributed by atoms with Gasteiger partial charge in [0.05, 0.1) is 0 Å². The van der Waals surface area contributed by atoms with Gasteiger partial charge in [0, 0.05) is 38.1 Å². The predicted octanol–water partition coefficient (Wildman–Crippen LogP) is 2.63. The van der Waals surface area contributed by atoms with E-state index >= 15 is 0 Å². The first-order chi connectivity index (χ1) is 10.7. The highest BCUT2D eigenvalue weighted by atomic mass is 35.5. The van der Waals surface area contributed by atoms with Crippen molar-refractivity contribution in [3.63, 3.8) is 0 Å². The zero-order chi connectivity index (χ0) is 15.4. The molecule has 22 heavy (non-hydrogen) atoms. The minimum atomic E-state index is 0.485. The first kappa shape index (κ1) is 15.2. The Hall–Kier alpha value is -1.72. The minimum Gasteiger partial charge on any atom is -0.351 e. The first-order valence-corrected chi connectivity index (χ1v) is 7.93. The molecular weight excluding hydrogens is 298 g/mol. The molecule has 1 saturated heterocycles. The first-order valence-electron chi connectivity index (χ1n) is 7.56. The Labute approximate surface area is 135 Å². The lowest BCUT2D eigenvalue weighted by molar-refractivity contribution is 0.302. The Kier molecular flexibility index (Phi) is 4.85. The Morgan fingerprint density at radius 1 is 1.36 bits per heavy atom. The van der Waals surface area contributed by atoms with Crippen LogP contribution in [0.1, 0.15) is 18.4 Å². The Morgan fingerprint density at radius 2 is 2.27 bits per heavy atom. The maximum Gasteiger partial charge on any atom is 0.151 e. The monoisotopic (exact) mass is 317 g/mol. The van der Waals surface area contributed by atoms with Crippen LogP contribution in [-0.4, -0.2) is 46.3 Å². The summed E-state index contributed by atoms with van der Waals surface area (Å²) in [6, 6.07) is 8.40. The van der Waals surface area contributed by atoms with Gasteiger partial charge in [-0.25, -0.2) is 4.98 Å². The van der Waals surface area contributed by atoms with Crippen molar-refractivity contribution >= 4 is 17.4 Å². The molecule has 5 nitrogen and oxygen atoms in total. The number of nitrogens with zero attached hydrogens (tertiary/aromatic N) is 5. The van der Waals surface area contributed by atoms with Crippen LogP contribution >= 0.6 is 11.6 Å². The smallest absolute Gasteiger partial charge is 0.151 e. The topological polar surface area (TPSA) is 45.2 Å². The summed E-state index contributed by atoms with van der Waals surface area (Å²) in [5.74, 6) is 0.977. The maximum absolute atomic E-state index is 5.95. The van der Waals surface area contributed by atoms with Gasteiger partial charge in [-0.15, -0.1) is 5.10 Å². The van der Waals surface area contributed by atoms with E-state index in [4.69, 9.17) is 11.6 Å². The predicted molar refractivity (Wildman–Crippen MR) is 88.0 cm³/mol. The zero-order valence-corrected chi connectivity index (χ0v) is 13.4. The number of anilines is 1. The molecule has 0 amide bonds. The summed E-state index contributed by atoms with van der Waals surface area (Å²) in [6.07, 6.45) is 5.87. The van der Waals surface area contributed by atoms with Gasteiger partial charge in [-0.1, -0.05) is 11.6 Å². The molecule has 0 aliphatic carbocycles. The fourth-order valence-corrected chi connectivity index (χ4v) is 3.25. The highest BCUT2D eigenvalue weighted by molar-refractivity contribution is 6.29. The summed E-state index contributed by atoms with van der Waals surface area (Å²) in [5.41, 5.74) is 1.19. The lowest BCUT2D eigenvalue weighted by Crippen LogP contribution is -2.39. The number of likely N-dealkylation sites (N-methyl/N-ethyl adjacent to an activating group) is 1. The molecule has 0 N–H and O–H groups in total. The SMILES string of the molecule is CN(Cc1ccnc(Cl)c1)CC1CCCN1c1cccnn1. The van der Waals surface area contributed by atoms with Gasteiger partial charge in [-0.3, -0.25) is 0 Å². The molecule has 3 heterocycles. The van der Waals surface area contributed by atoms with Crippen LogP contribution in [-0.2, 0) is 6.54 Å². The van der Waals surface area contributed by atoms with Crippen LogP contribution in [0.3, 0.4) is 0 Å². The van der Waals surface area contributed by atoms with Gasteiger partial charge >= 0.3 is 0 Å². The van der Waals surface area contributed by atoms with Crippen molar-refractivity contribution in [1.29, 1.82) is 0 Å². The highest BCUT2D eigenvalue weighted by Crippen LogP contribution is 2.24. The van der Waals surface area contributed by atoms with Gasteiger partial charge in [0.15, 0.2) is 5.82 Å². The third-order valence-corrected chi connectivity index (χ3v) is 4.20. The molecule has 1 aliphatic heterocycles. The van der Waals surface area contributed by atoms with Crippen LogP contribution in [0, 0.1) is 0 Å². The number of pyridine rings is 1. The summed E-state index contributed by atoms with van der Waals surface area (Å²) < 4.78 is 0. The summed E-state index contributed by atoms with van der Waals surface area (Å²) >= 11 is 5.95. The second kappa shape index (κ2) is 7.03. The van der Waals surface area contributed by atoms with Crippen LogP contribution in [0.25, 0.3) is 0 Å². The number of halogens is 1. The molecule has 3 rings (SSSR count). The Balaban J connectivity index is 1.62. The molecule has 0 saturated carbocycles. The molecular formula is C16H20ClN5. The Bertz CT molecular complexity index is 606. The second-order valence-corrected chi connectivity index (χ2v) is 6.14. The van der Waals surface area contributed by atoms with Crippen LogP contribution in [0.15, 0.2) is 36.7 Å². The summed E-state index contributed by atoms with van der Waals surface area (Å²) in [4.78, 5) is 8.71. The van der Waals surface area contributed by atoms with Gasteiger partial charge in [-0.2, -0.15) is 5.10 Å². The van der Waals surface area contributed by atoms with Crippen molar-refractivity contribution in [3.05, 3.63) is 47.4 Å². The van der Waals surface area contributed by atoms with Crippen LogP contribution in [0.5, 0.6) is 0 Å². The maximum atomic E-state index is 5.95. The molecule has 1 fully saturated rings. The molecule has 2 aromatic rings. The van der Waals surface area contributed by atoms with Crippen molar-refractivity contribution in [2.45, 2.75) is 25.4 Å². The third kappa shape index (κ3) is 3.72. The molecule has 0 aromatic carbocycles. The fraction of sp³-hybridized carbons (Fsp3) is 0.438. The van der Waals surface area contributed by atoms with Gasteiger partial charge in [0.2, 0.25) is 0 Å². The van der Waals surface area contributed by atoms with Crippen LogP contribution in [0.4, 0.5) is 5.82 Å². The average Bonchev–Trinajstić information content (AvgIpc) is 2.96. The van der Waals surface area contributed by atoms with E-state index in [-0.39, 0.29) is 0 Å². The van der Waals surface area contributed by atoms with Crippen LogP contribution < -0.4 is 4.90 Å². The van der Waals surface area contributed by atoms with Crippen molar-refractivity contribution in [2.24, 2.45) is 0 Å². The standard InChI is InChI=1S/C16H20ClN5/c1-21(11-13-6-8-18-15(17)10-13)12-14-4-3-9-22(14)16-5-2-7-19-20-16/h2,5-8,10,14H,3-4,9,11-12H2,1H3. The largest absolute Gasteiger partial charge is 0.351 e. The van der Waals surface area contributed by atoms with Crippen molar-refractivity contribution in [2.75, 3.05) is 25.0 Å². The summed E-state index contributed by atoms with van der Waals surface area (Å²) in [7, 11) is 2.14. The molecule has 1 aliphatic rings. The quantitative estimate of drug-likeness (QED) is 0.793. The van der Waals surface area contributed by atoms with E-state index < -0.39 is 0 Å². The Morgan fingerprint density at radius 3 is 3.05 bits per heavy atom. The number of rotatable bonds is 5. The van der Waals surface area contributed by atoms with Crippen molar-refractivity contribution in [1.82, 2.24) is 20.1 Å². The highest BCUT2D eigenvalue weighted by Gasteiger charge is 2.26. The number of aromatic nitrogens is 3. The molecule has 6 heteroatoms. The third-order valence-electron chi connectivity index (χ3n) is 4.00. The van der Waals surface area contributed by atoms with E-state index in [1.807, 2.05) is 24.3 Å². The molecule has 0 spiro atoms. The van der Waals surface area contributed by atoms with Crippen molar-refractivity contribution < 1.29 is 0 Å². The fourth-order valence-electron chi connectivity index (χ4n) is 3.05. The normalized spacial score (nSPS) is 18.1. The molecule has 116 valence electrons. The number of hydrogen-bond acceptors (Lipinski definition) is 5. The van der Waals surface area contributed by atoms with Crippen LogP contribution in [0.2, 0.25) is 5.15 Å². The summed E-state index contributed by atoms with van der Waals surface area (Å²) in [5, 5.41) is 8.79. The molecule has 0 bridgehead atoms. The van der Waals surface area contributed by atoms with Gasteiger partial charge in [0.1, 0.15) is 5.15 Å². The lowest BCUT2D eigenvalue weighted by atomic mass is 10.2. The molecule has 2 aromatic heterocycles. The number of hydrogen-bond donors (Lipinski definition) is 0. The zero-order valence-electron chi connectivity index (χ0n) is 12.7. The van der Waals surface area contributed by atoms with E-state index in [1.54, 1.807) is 12.4 Å². The minimum absolute atomic E-state index is 0.485. The summed E-state index contributed by atoms with van der Waals surface area (Å²) in [6.45, 7) is 2.92. The van der Waals surface area contributed by atoms with Crippen molar-refractivity contribution in [3.8, 4) is 0 Å². The molecule has 1 atom stereocenters. The van der Waals surface area contributed by atoms with Gasteiger partial charge in [-0.05, 0) is 49.7 Å². The average molecular weight is 318 g/mol. The molecule has 1 unspecified atom stereocenters. The van der Waals surface area contributed by atoms with E-state index in [0.717, 1.165) is 25.5 Å². The van der Waals surface area contributed by atoms with Gasteiger partial charge in [0.25, 0.3) is 0 Å². The van der Waals surface area contributed by atoms with E-state index in [2.05, 4.69) is 32.0 Å². The molecule has 0 radical (unpaired) electrons. The van der Waals surface area contributed by atoms with E-state index in [1.165, 1.54) is 18.4 Å². The van der Waals surface area contributed by atoms with E-state index in [0.29, 0.717) is 11.2 Å². The van der Waals surface area contributed by atoms with E-state index in [9.17, 15) is 0 Å². The lowest BCUT2D eigenvalue weighted by Gasteiger charge is -2.29. The van der Waals surface area contributed by atoms with Gasteiger partial charge < -0.3 is 9.80 Å². The second-order valence-electron chi connectivity index (χ2n) is 5.75.